The number of anilines is 1. The van der Waals surface area contributed by atoms with Crippen LogP contribution in [0.2, 0.25) is 0 Å². The van der Waals surface area contributed by atoms with Crippen LogP contribution in [0.3, 0.4) is 0 Å². The number of hydrogen-bond donors (Lipinski definition) is 1. The molecule has 1 N–H and O–H groups in total. The molecule has 3 aromatic rings. The summed E-state index contributed by atoms with van der Waals surface area (Å²) in [6.07, 6.45) is 8.20. The number of pyridine rings is 1. The van der Waals surface area contributed by atoms with E-state index >= 15 is 0 Å². The number of piperazine rings is 1. The molecule has 0 radical (unpaired) electrons. The zero-order valence-electron chi connectivity index (χ0n) is 19.0. The number of H-pyrrole nitrogens is 1. The Balaban J connectivity index is 1.38. The summed E-state index contributed by atoms with van der Waals surface area (Å²) in [6, 6.07) is 12.2. The Morgan fingerprint density at radius 3 is 2.48 bits per heavy atom. The number of hydrogen-bond acceptors (Lipinski definition) is 7. The molecule has 8 heteroatoms. The van der Waals surface area contributed by atoms with E-state index in [1.807, 2.05) is 30.7 Å². The van der Waals surface area contributed by atoms with Gasteiger partial charge in [-0.1, -0.05) is 12.1 Å². The van der Waals surface area contributed by atoms with Gasteiger partial charge in [0.1, 0.15) is 11.6 Å². The first kappa shape index (κ1) is 22.8. The van der Waals surface area contributed by atoms with Gasteiger partial charge in [0.15, 0.2) is 6.61 Å². The van der Waals surface area contributed by atoms with Crippen LogP contribution in [-0.4, -0.2) is 71.8 Å². The third kappa shape index (κ3) is 6.55. The van der Waals surface area contributed by atoms with Crippen LogP contribution in [0.4, 0.5) is 5.69 Å². The van der Waals surface area contributed by atoms with E-state index in [9.17, 15) is 4.79 Å². The van der Waals surface area contributed by atoms with E-state index in [0.29, 0.717) is 18.3 Å². The minimum Gasteiger partial charge on any atom is -0.482 e. The molecule has 1 aliphatic rings. The number of ether oxygens (including phenoxy) is 2. The van der Waals surface area contributed by atoms with Crippen LogP contribution in [0.5, 0.6) is 5.75 Å². The van der Waals surface area contributed by atoms with Crippen molar-refractivity contribution in [3.63, 3.8) is 0 Å². The number of imidazole rings is 1. The van der Waals surface area contributed by atoms with Gasteiger partial charge < -0.3 is 19.4 Å². The normalized spacial score (nSPS) is 15.2. The van der Waals surface area contributed by atoms with Crippen LogP contribution in [0.1, 0.15) is 24.2 Å². The molecule has 1 unspecified atom stereocenters. The highest BCUT2D eigenvalue weighted by molar-refractivity contribution is 5.71. The summed E-state index contributed by atoms with van der Waals surface area (Å²) in [6.45, 7) is 7.03. The summed E-state index contributed by atoms with van der Waals surface area (Å²) in [7, 11) is 0. The van der Waals surface area contributed by atoms with Crippen molar-refractivity contribution in [1.82, 2.24) is 19.9 Å². The Kier molecular flexibility index (Phi) is 7.92. The molecule has 3 heterocycles. The summed E-state index contributed by atoms with van der Waals surface area (Å²) in [5.74, 6) is 1.58. The fraction of sp³-hybridized carbons (Fsp3) is 0.400. The fourth-order valence-electron chi connectivity index (χ4n) is 4.17. The standard InChI is InChI=1S/C25H31N5O3/c1-2-32-25(31)19-33-23-5-3-20(4-6-23)21(17-24-27-11-12-28-24)18-29-13-15-30(16-14-29)22-7-9-26-10-8-22/h3-12,21H,2,13-19H2,1H3,(H,27,28). The zero-order chi connectivity index (χ0) is 22.9. The predicted molar refractivity (Wildman–Crippen MR) is 126 cm³/mol. The van der Waals surface area contributed by atoms with E-state index in [0.717, 1.165) is 45.0 Å². The highest BCUT2D eigenvalue weighted by Gasteiger charge is 2.22. The third-order valence-electron chi connectivity index (χ3n) is 5.89. The summed E-state index contributed by atoms with van der Waals surface area (Å²) >= 11 is 0. The minimum atomic E-state index is -0.358. The van der Waals surface area contributed by atoms with Gasteiger partial charge in [-0.3, -0.25) is 9.88 Å². The van der Waals surface area contributed by atoms with Crippen molar-refractivity contribution < 1.29 is 14.3 Å². The molecular weight excluding hydrogens is 418 g/mol. The van der Waals surface area contributed by atoms with Crippen molar-refractivity contribution in [2.75, 3.05) is 50.8 Å². The molecule has 0 bridgehead atoms. The van der Waals surface area contributed by atoms with Crippen LogP contribution >= 0.6 is 0 Å². The molecule has 1 saturated heterocycles. The summed E-state index contributed by atoms with van der Waals surface area (Å²) in [5, 5.41) is 0. The van der Waals surface area contributed by atoms with E-state index < -0.39 is 0 Å². The maximum Gasteiger partial charge on any atom is 0.344 e. The minimum absolute atomic E-state index is 0.0786. The maximum absolute atomic E-state index is 11.5. The zero-order valence-corrected chi connectivity index (χ0v) is 19.0. The number of benzene rings is 1. The second-order valence-corrected chi connectivity index (χ2v) is 8.09. The molecule has 4 rings (SSSR count). The van der Waals surface area contributed by atoms with Gasteiger partial charge in [0.25, 0.3) is 0 Å². The lowest BCUT2D eigenvalue weighted by atomic mass is 9.94. The SMILES string of the molecule is CCOC(=O)COc1ccc(C(Cc2ncc[nH]2)CN2CCN(c3ccncc3)CC2)cc1. The lowest BCUT2D eigenvalue weighted by Crippen LogP contribution is -2.47. The Morgan fingerprint density at radius 1 is 1.06 bits per heavy atom. The van der Waals surface area contributed by atoms with Crippen LogP contribution in [-0.2, 0) is 16.0 Å². The highest BCUT2D eigenvalue weighted by Crippen LogP contribution is 2.25. The van der Waals surface area contributed by atoms with E-state index in [4.69, 9.17) is 9.47 Å². The number of rotatable bonds is 10. The van der Waals surface area contributed by atoms with Crippen LogP contribution < -0.4 is 9.64 Å². The van der Waals surface area contributed by atoms with Gasteiger partial charge in [-0.05, 0) is 36.8 Å². The first-order chi connectivity index (χ1) is 16.2. The smallest absolute Gasteiger partial charge is 0.344 e. The molecule has 1 fully saturated rings. The fourth-order valence-corrected chi connectivity index (χ4v) is 4.17. The highest BCUT2D eigenvalue weighted by atomic mass is 16.6. The number of aromatic nitrogens is 3. The molecule has 0 aliphatic carbocycles. The number of nitrogens with zero attached hydrogens (tertiary/aromatic N) is 4. The van der Waals surface area contributed by atoms with E-state index in [1.165, 1.54) is 11.3 Å². The van der Waals surface area contributed by atoms with Gasteiger partial charge in [-0.15, -0.1) is 0 Å². The van der Waals surface area contributed by atoms with Crippen LogP contribution in [0.25, 0.3) is 0 Å². The lowest BCUT2D eigenvalue weighted by molar-refractivity contribution is -0.145. The predicted octanol–water partition coefficient (Wildman–Crippen LogP) is 2.90. The van der Waals surface area contributed by atoms with Crippen molar-refractivity contribution >= 4 is 11.7 Å². The maximum atomic E-state index is 11.5. The molecule has 174 valence electrons. The lowest BCUT2D eigenvalue weighted by Gasteiger charge is -2.37. The van der Waals surface area contributed by atoms with Crippen molar-refractivity contribution in [3.05, 3.63) is 72.6 Å². The Labute approximate surface area is 194 Å². The number of nitrogens with one attached hydrogen (secondary N) is 1. The molecule has 1 aromatic carbocycles. The Bertz CT molecular complexity index is 971. The van der Waals surface area contributed by atoms with Gasteiger partial charge in [0, 0.05) is 75.5 Å². The molecule has 1 atom stereocenters. The van der Waals surface area contributed by atoms with Crippen molar-refractivity contribution in [2.24, 2.45) is 0 Å². The molecule has 33 heavy (non-hydrogen) atoms. The van der Waals surface area contributed by atoms with Crippen LogP contribution in [0.15, 0.2) is 61.2 Å². The quantitative estimate of drug-likeness (QED) is 0.477. The summed E-state index contributed by atoms with van der Waals surface area (Å²) < 4.78 is 10.5. The second kappa shape index (κ2) is 11.5. The average molecular weight is 450 g/mol. The number of carbonyl (C=O) groups excluding carboxylic acids is 1. The van der Waals surface area contributed by atoms with Gasteiger partial charge in [0.05, 0.1) is 6.61 Å². The molecule has 0 spiro atoms. The number of aromatic amines is 1. The van der Waals surface area contributed by atoms with E-state index in [1.54, 1.807) is 13.1 Å². The first-order valence-corrected chi connectivity index (χ1v) is 11.4. The molecule has 0 amide bonds. The largest absolute Gasteiger partial charge is 0.482 e. The van der Waals surface area contributed by atoms with Gasteiger partial charge in [-0.2, -0.15) is 0 Å². The van der Waals surface area contributed by atoms with Crippen LogP contribution in [0, 0.1) is 0 Å². The first-order valence-electron chi connectivity index (χ1n) is 11.4. The molecular formula is C25H31N5O3. The molecule has 0 saturated carbocycles. The van der Waals surface area contributed by atoms with Crippen molar-refractivity contribution in [3.8, 4) is 5.75 Å². The van der Waals surface area contributed by atoms with Gasteiger partial charge in [-0.25, -0.2) is 9.78 Å². The molecule has 2 aromatic heterocycles. The summed E-state index contributed by atoms with van der Waals surface area (Å²) in [4.78, 5) is 28.3. The molecule has 8 nitrogen and oxygen atoms in total. The second-order valence-electron chi connectivity index (χ2n) is 8.09. The van der Waals surface area contributed by atoms with Gasteiger partial charge >= 0.3 is 5.97 Å². The van der Waals surface area contributed by atoms with Crippen molar-refractivity contribution in [2.45, 2.75) is 19.3 Å². The Morgan fingerprint density at radius 2 is 1.82 bits per heavy atom. The van der Waals surface area contributed by atoms with E-state index in [2.05, 4.69) is 49.0 Å². The van der Waals surface area contributed by atoms with E-state index in [-0.39, 0.29) is 12.6 Å². The third-order valence-corrected chi connectivity index (χ3v) is 5.89. The van der Waals surface area contributed by atoms with Crippen molar-refractivity contribution in [1.29, 1.82) is 0 Å². The summed E-state index contributed by atoms with van der Waals surface area (Å²) in [5.41, 5.74) is 2.46. The average Bonchev–Trinajstić information content (AvgIpc) is 3.37. The monoisotopic (exact) mass is 449 g/mol. The number of carbonyl (C=O) groups is 1. The van der Waals surface area contributed by atoms with Gasteiger partial charge in [0.2, 0.25) is 0 Å². The topological polar surface area (TPSA) is 83.6 Å². The Hall–Kier alpha value is -3.39. The number of esters is 1. The molecule has 1 aliphatic heterocycles.